The molecule has 3 N–H and O–H groups in total. The van der Waals surface area contributed by atoms with Crippen molar-refractivity contribution in [2.45, 2.75) is 32.7 Å². The van der Waals surface area contributed by atoms with Gasteiger partial charge in [0.25, 0.3) is 5.97 Å². The van der Waals surface area contributed by atoms with Gasteiger partial charge in [0.05, 0.1) is 0 Å². The fourth-order valence-electron chi connectivity index (χ4n) is 1.14. The van der Waals surface area contributed by atoms with E-state index in [1.54, 1.807) is 0 Å². The van der Waals surface area contributed by atoms with Crippen LogP contribution in [-0.2, 0) is 4.79 Å². The number of nitrogens with zero attached hydrogens (tertiary/aromatic N) is 1. The second-order valence-corrected chi connectivity index (χ2v) is 3.10. The first-order valence-electron chi connectivity index (χ1n) is 4.53. The van der Waals surface area contributed by atoms with Gasteiger partial charge in [-0.05, 0) is 12.8 Å². The number of carboxylic acids is 1. The molecule has 13 heavy (non-hydrogen) atoms. The van der Waals surface area contributed by atoms with Gasteiger partial charge in [-0.3, -0.25) is 9.79 Å². The van der Waals surface area contributed by atoms with Crippen LogP contribution in [0.15, 0.2) is 4.99 Å². The molecule has 0 aromatic rings. The number of aliphatic carboxylic acids is 1. The molecule has 2 unspecified atom stereocenters. The van der Waals surface area contributed by atoms with Gasteiger partial charge in [0.1, 0.15) is 0 Å². The highest BCUT2D eigenvalue weighted by Crippen LogP contribution is 2.12. The number of hydrogen-bond donors (Lipinski definition) is 2. The summed E-state index contributed by atoms with van der Waals surface area (Å²) in [5.41, 5.74) is 5.79. The molecule has 0 saturated carbocycles. The van der Waals surface area contributed by atoms with Crippen LogP contribution in [-0.4, -0.2) is 29.9 Å². The third-order valence-electron chi connectivity index (χ3n) is 1.91. The normalized spacial score (nSPS) is 21.9. The average Bonchev–Trinajstić information content (AvgIpc) is 2.54. The summed E-state index contributed by atoms with van der Waals surface area (Å²) in [6.07, 6.45) is 4.24. The van der Waals surface area contributed by atoms with E-state index in [0.29, 0.717) is 12.0 Å². The van der Waals surface area contributed by atoms with Crippen molar-refractivity contribution in [3.05, 3.63) is 0 Å². The van der Waals surface area contributed by atoms with Gasteiger partial charge in [0.15, 0.2) is 0 Å². The summed E-state index contributed by atoms with van der Waals surface area (Å²) in [6.45, 7) is 4.19. The molecule has 0 radical (unpaired) electrons. The third-order valence-corrected chi connectivity index (χ3v) is 1.91. The fourth-order valence-corrected chi connectivity index (χ4v) is 1.14. The molecule has 0 aromatic heterocycles. The molecule has 2 atom stereocenters. The van der Waals surface area contributed by atoms with Gasteiger partial charge in [0.2, 0.25) is 0 Å². The molecular formula is C9H18N2O2. The Bertz CT molecular complexity index is 176. The topological polar surface area (TPSA) is 75.7 Å². The Morgan fingerprint density at radius 1 is 1.85 bits per heavy atom. The minimum atomic E-state index is -0.833. The summed E-state index contributed by atoms with van der Waals surface area (Å²) in [6, 6.07) is 0.344. The van der Waals surface area contributed by atoms with E-state index in [0.717, 1.165) is 26.3 Å². The molecule has 1 aliphatic heterocycles. The van der Waals surface area contributed by atoms with Crippen LogP contribution >= 0.6 is 0 Å². The molecular weight excluding hydrogens is 168 g/mol. The molecule has 4 nitrogen and oxygen atoms in total. The number of carboxylic acid groups (broad SMARTS) is 1. The Labute approximate surface area is 78.8 Å². The highest BCUT2D eigenvalue weighted by molar-refractivity contribution is 5.63. The Hall–Kier alpha value is -0.900. The maximum atomic E-state index is 9.00. The van der Waals surface area contributed by atoms with Crippen LogP contribution in [0.1, 0.15) is 26.7 Å². The number of rotatable bonds is 2. The van der Waals surface area contributed by atoms with Crippen LogP contribution in [0.4, 0.5) is 0 Å². The van der Waals surface area contributed by atoms with E-state index in [1.165, 1.54) is 0 Å². The van der Waals surface area contributed by atoms with Crippen LogP contribution < -0.4 is 5.73 Å². The first-order chi connectivity index (χ1) is 6.07. The van der Waals surface area contributed by atoms with E-state index in [4.69, 9.17) is 15.6 Å². The first kappa shape index (κ1) is 12.1. The Morgan fingerprint density at radius 2 is 2.38 bits per heavy atom. The van der Waals surface area contributed by atoms with Crippen molar-refractivity contribution in [1.29, 1.82) is 0 Å². The molecule has 0 aromatic carbocycles. The zero-order valence-corrected chi connectivity index (χ0v) is 8.23. The van der Waals surface area contributed by atoms with Gasteiger partial charge in [-0.25, -0.2) is 0 Å². The summed E-state index contributed by atoms with van der Waals surface area (Å²) in [7, 11) is 0. The predicted octanol–water partition coefficient (Wildman–Crippen LogP) is 0.905. The lowest BCUT2D eigenvalue weighted by Crippen LogP contribution is -2.28. The fraction of sp³-hybridized carbons (Fsp3) is 0.778. The molecule has 1 rings (SSSR count). The number of carbonyl (C=O) groups is 1. The van der Waals surface area contributed by atoms with Crippen molar-refractivity contribution >= 4 is 12.2 Å². The lowest BCUT2D eigenvalue weighted by Gasteiger charge is -2.12. The van der Waals surface area contributed by atoms with E-state index >= 15 is 0 Å². The number of nitrogens with two attached hydrogens (primary N) is 1. The Morgan fingerprint density at radius 3 is 2.69 bits per heavy atom. The molecule has 0 spiro atoms. The van der Waals surface area contributed by atoms with Crippen molar-refractivity contribution in [3.8, 4) is 0 Å². The SMILES string of the molecule is CC(=O)O.CCC(N)C1C=NCC1. The van der Waals surface area contributed by atoms with Crippen molar-refractivity contribution in [1.82, 2.24) is 0 Å². The van der Waals surface area contributed by atoms with E-state index < -0.39 is 5.97 Å². The van der Waals surface area contributed by atoms with E-state index in [1.807, 2.05) is 6.21 Å². The Kier molecular flexibility index (Phi) is 6.14. The van der Waals surface area contributed by atoms with Crippen molar-refractivity contribution < 1.29 is 9.90 Å². The molecule has 0 bridgehead atoms. The minimum absolute atomic E-state index is 0.344. The van der Waals surface area contributed by atoms with E-state index in [2.05, 4.69) is 11.9 Å². The zero-order valence-electron chi connectivity index (χ0n) is 8.23. The summed E-state index contributed by atoms with van der Waals surface area (Å²) in [5, 5.41) is 7.42. The highest BCUT2D eigenvalue weighted by atomic mass is 16.4. The van der Waals surface area contributed by atoms with Crippen LogP contribution in [0.2, 0.25) is 0 Å². The Balaban J connectivity index is 0.000000310. The minimum Gasteiger partial charge on any atom is -0.481 e. The standard InChI is InChI=1S/C7H14N2.C2H4O2/c1-2-7(8)6-3-4-9-5-6;1-2(3)4/h5-7H,2-4,8H2,1H3;1H3,(H,3,4). The van der Waals surface area contributed by atoms with E-state index in [9.17, 15) is 0 Å². The maximum absolute atomic E-state index is 9.00. The molecule has 0 amide bonds. The van der Waals surface area contributed by atoms with Gasteiger partial charge in [-0.15, -0.1) is 0 Å². The third kappa shape index (κ3) is 6.28. The predicted molar refractivity (Wildman–Crippen MR) is 53.0 cm³/mol. The molecule has 76 valence electrons. The number of aliphatic imine (C=N–C) groups is 1. The quantitative estimate of drug-likeness (QED) is 0.673. The second kappa shape index (κ2) is 6.60. The van der Waals surface area contributed by atoms with Gasteiger partial charge in [-0.1, -0.05) is 6.92 Å². The molecule has 0 saturated heterocycles. The molecule has 1 heterocycles. The second-order valence-electron chi connectivity index (χ2n) is 3.10. The van der Waals surface area contributed by atoms with E-state index in [-0.39, 0.29) is 0 Å². The monoisotopic (exact) mass is 186 g/mol. The largest absolute Gasteiger partial charge is 0.481 e. The van der Waals surface area contributed by atoms with Crippen LogP contribution in [0.3, 0.4) is 0 Å². The summed E-state index contributed by atoms with van der Waals surface area (Å²) in [5.74, 6) is -0.269. The van der Waals surface area contributed by atoms with Gasteiger partial charge >= 0.3 is 0 Å². The van der Waals surface area contributed by atoms with Crippen molar-refractivity contribution in [2.24, 2.45) is 16.6 Å². The summed E-state index contributed by atoms with van der Waals surface area (Å²) >= 11 is 0. The lowest BCUT2D eigenvalue weighted by atomic mass is 9.98. The molecule has 0 aliphatic carbocycles. The van der Waals surface area contributed by atoms with Crippen molar-refractivity contribution in [3.63, 3.8) is 0 Å². The maximum Gasteiger partial charge on any atom is 0.300 e. The lowest BCUT2D eigenvalue weighted by molar-refractivity contribution is -0.134. The van der Waals surface area contributed by atoms with Crippen LogP contribution in [0, 0.1) is 5.92 Å². The molecule has 0 fully saturated rings. The van der Waals surface area contributed by atoms with Gasteiger partial charge < -0.3 is 10.8 Å². The average molecular weight is 186 g/mol. The summed E-state index contributed by atoms with van der Waals surface area (Å²) < 4.78 is 0. The van der Waals surface area contributed by atoms with Crippen LogP contribution in [0.25, 0.3) is 0 Å². The highest BCUT2D eigenvalue weighted by Gasteiger charge is 2.16. The molecule has 4 heteroatoms. The smallest absolute Gasteiger partial charge is 0.300 e. The van der Waals surface area contributed by atoms with Crippen LogP contribution in [0.5, 0.6) is 0 Å². The number of hydrogen-bond acceptors (Lipinski definition) is 3. The zero-order chi connectivity index (χ0) is 10.3. The van der Waals surface area contributed by atoms with Gasteiger partial charge in [0, 0.05) is 31.6 Å². The van der Waals surface area contributed by atoms with Gasteiger partial charge in [-0.2, -0.15) is 0 Å². The first-order valence-corrected chi connectivity index (χ1v) is 4.53. The molecule has 1 aliphatic rings. The summed E-state index contributed by atoms with van der Waals surface area (Å²) in [4.78, 5) is 13.1. The van der Waals surface area contributed by atoms with Crippen molar-refractivity contribution in [2.75, 3.05) is 6.54 Å².